The summed E-state index contributed by atoms with van der Waals surface area (Å²) in [6.45, 7) is 4.42. The largest absolute Gasteiger partial charge is 0.335 e. The number of H-pyrrole nitrogens is 1. The van der Waals surface area contributed by atoms with E-state index in [1.54, 1.807) is 12.1 Å². The van der Waals surface area contributed by atoms with E-state index in [0.29, 0.717) is 23.9 Å². The minimum absolute atomic E-state index is 0.0358. The standard InChI is InChI=1S/C15H17FN4OS/c1-9-13-4-3-12(16)7-11(13)5-6-20(9)14(21)8-22-15-17-10(2)18-19-15/h3-4,7,9H,5-6,8H2,1-2H3,(H,17,18,19)/t9-/m1/s1. The van der Waals surface area contributed by atoms with Crippen LogP contribution in [-0.4, -0.2) is 38.3 Å². The maximum absolute atomic E-state index is 13.3. The van der Waals surface area contributed by atoms with Crippen molar-refractivity contribution in [1.29, 1.82) is 0 Å². The number of aromatic amines is 1. The predicted molar refractivity (Wildman–Crippen MR) is 82.1 cm³/mol. The highest BCUT2D eigenvalue weighted by Crippen LogP contribution is 2.30. The second-order valence-electron chi connectivity index (χ2n) is 5.35. The lowest BCUT2D eigenvalue weighted by molar-refractivity contribution is -0.130. The van der Waals surface area contributed by atoms with Crippen LogP contribution in [0.3, 0.4) is 0 Å². The highest BCUT2D eigenvalue weighted by atomic mass is 32.2. The molecule has 0 saturated heterocycles. The third-order valence-corrected chi connectivity index (χ3v) is 4.70. The Labute approximate surface area is 132 Å². The number of rotatable bonds is 3. The SMILES string of the molecule is Cc1nc(SCC(=O)N2CCc3cc(F)ccc3[C@H]2C)n[nH]1. The van der Waals surface area contributed by atoms with E-state index in [1.165, 1.54) is 17.8 Å². The van der Waals surface area contributed by atoms with Gasteiger partial charge in [0.1, 0.15) is 11.6 Å². The monoisotopic (exact) mass is 320 g/mol. The van der Waals surface area contributed by atoms with Crippen molar-refractivity contribution in [2.45, 2.75) is 31.5 Å². The molecule has 3 rings (SSSR count). The molecule has 1 atom stereocenters. The zero-order valence-electron chi connectivity index (χ0n) is 12.5. The number of amides is 1. The topological polar surface area (TPSA) is 61.9 Å². The summed E-state index contributed by atoms with van der Waals surface area (Å²) in [5.74, 6) is 0.867. The third-order valence-electron chi connectivity index (χ3n) is 3.87. The molecule has 0 aliphatic carbocycles. The molecule has 1 N–H and O–H groups in total. The van der Waals surface area contributed by atoms with Crippen LogP contribution in [0, 0.1) is 12.7 Å². The molecule has 116 valence electrons. The van der Waals surface area contributed by atoms with Crippen LogP contribution in [0.25, 0.3) is 0 Å². The van der Waals surface area contributed by atoms with Crippen molar-refractivity contribution in [3.8, 4) is 0 Å². The van der Waals surface area contributed by atoms with Crippen LogP contribution >= 0.6 is 11.8 Å². The summed E-state index contributed by atoms with van der Waals surface area (Å²) in [5, 5.41) is 7.35. The lowest BCUT2D eigenvalue weighted by Crippen LogP contribution is -2.39. The Balaban J connectivity index is 1.67. The van der Waals surface area contributed by atoms with Crippen LogP contribution < -0.4 is 0 Å². The molecule has 7 heteroatoms. The van der Waals surface area contributed by atoms with E-state index in [1.807, 2.05) is 18.7 Å². The molecule has 1 amide bonds. The molecule has 1 aromatic carbocycles. The van der Waals surface area contributed by atoms with Crippen LogP contribution in [0.1, 0.15) is 29.9 Å². The number of fused-ring (bicyclic) bond motifs is 1. The first kappa shape index (κ1) is 15.0. The van der Waals surface area contributed by atoms with Crippen molar-refractivity contribution < 1.29 is 9.18 Å². The summed E-state index contributed by atoms with van der Waals surface area (Å²) in [6.07, 6.45) is 0.688. The van der Waals surface area contributed by atoms with Crippen molar-refractivity contribution in [1.82, 2.24) is 20.1 Å². The van der Waals surface area contributed by atoms with Gasteiger partial charge in [0.2, 0.25) is 11.1 Å². The summed E-state index contributed by atoms with van der Waals surface area (Å²) in [4.78, 5) is 18.4. The highest BCUT2D eigenvalue weighted by molar-refractivity contribution is 7.99. The average Bonchev–Trinajstić information content (AvgIpc) is 2.90. The quantitative estimate of drug-likeness (QED) is 0.883. The molecule has 0 spiro atoms. The van der Waals surface area contributed by atoms with Crippen molar-refractivity contribution >= 4 is 17.7 Å². The third kappa shape index (κ3) is 2.99. The number of aromatic nitrogens is 3. The van der Waals surface area contributed by atoms with Gasteiger partial charge in [-0.3, -0.25) is 9.89 Å². The fraction of sp³-hybridized carbons (Fsp3) is 0.400. The number of halogens is 1. The van der Waals surface area contributed by atoms with Crippen LogP contribution in [0.15, 0.2) is 23.4 Å². The van der Waals surface area contributed by atoms with Gasteiger partial charge >= 0.3 is 0 Å². The van der Waals surface area contributed by atoms with Gasteiger partial charge in [0.05, 0.1) is 11.8 Å². The first-order chi connectivity index (χ1) is 10.5. The van der Waals surface area contributed by atoms with E-state index in [9.17, 15) is 9.18 Å². The van der Waals surface area contributed by atoms with Gasteiger partial charge in [0.15, 0.2) is 0 Å². The summed E-state index contributed by atoms with van der Waals surface area (Å²) >= 11 is 1.32. The Morgan fingerprint density at radius 2 is 2.36 bits per heavy atom. The molecule has 0 radical (unpaired) electrons. The molecule has 0 fully saturated rings. The molecule has 1 aromatic heterocycles. The zero-order valence-corrected chi connectivity index (χ0v) is 13.3. The van der Waals surface area contributed by atoms with E-state index in [0.717, 1.165) is 17.0 Å². The lowest BCUT2D eigenvalue weighted by atomic mass is 9.93. The number of hydrogen-bond donors (Lipinski definition) is 1. The fourth-order valence-electron chi connectivity index (χ4n) is 2.74. The normalized spacial score (nSPS) is 17.4. The second-order valence-corrected chi connectivity index (χ2v) is 6.29. The predicted octanol–water partition coefficient (Wildman–Crippen LogP) is 2.49. The first-order valence-electron chi connectivity index (χ1n) is 7.14. The fourth-order valence-corrected chi connectivity index (χ4v) is 3.47. The Hall–Kier alpha value is -1.89. The first-order valence-corrected chi connectivity index (χ1v) is 8.13. The Kier molecular flexibility index (Phi) is 4.15. The highest BCUT2D eigenvalue weighted by Gasteiger charge is 2.27. The smallest absolute Gasteiger partial charge is 0.233 e. The van der Waals surface area contributed by atoms with E-state index < -0.39 is 0 Å². The van der Waals surface area contributed by atoms with E-state index in [-0.39, 0.29) is 17.8 Å². The van der Waals surface area contributed by atoms with Crippen LogP contribution in [0.4, 0.5) is 4.39 Å². The molecule has 0 unspecified atom stereocenters. The molecular formula is C15H17FN4OS. The van der Waals surface area contributed by atoms with Crippen molar-refractivity contribution in [2.24, 2.45) is 0 Å². The minimum atomic E-state index is -0.221. The Morgan fingerprint density at radius 1 is 1.55 bits per heavy atom. The van der Waals surface area contributed by atoms with Gasteiger partial charge in [-0.15, -0.1) is 5.10 Å². The average molecular weight is 320 g/mol. The summed E-state index contributed by atoms with van der Waals surface area (Å²) in [7, 11) is 0. The Bertz CT molecular complexity index is 703. The maximum atomic E-state index is 13.3. The Morgan fingerprint density at radius 3 is 3.09 bits per heavy atom. The van der Waals surface area contributed by atoms with Crippen molar-refractivity contribution in [2.75, 3.05) is 12.3 Å². The number of thioether (sulfide) groups is 1. The number of nitrogens with one attached hydrogen (secondary N) is 1. The molecule has 0 bridgehead atoms. The number of benzene rings is 1. The summed E-state index contributed by atoms with van der Waals surface area (Å²) < 4.78 is 13.3. The number of carbonyl (C=O) groups is 1. The zero-order chi connectivity index (χ0) is 15.7. The molecule has 2 aromatic rings. The van der Waals surface area contributed by atoms with Gasteiger partial charge in [-0.25, -0.2) is 9.37 Å². The molecule has 5 nitrogen and oxygen atoms in total. The summed E-state index contributed by atoms with van der Waals surface area (Å²) in [5.41, 5.74) is 2.02. The van der Waals surface area contributed by atoms with Gasteiger partial charge in [-0.2, -0.15) is 0 Å². The van der Waals surface area contributed by atoms with E-state index in [4.69, 9.17) is 0 Å². The van der Waals surface area contributed by atoms with Crippen LogP contribution in [0.5, 0.6) is 0 Å². The molecule has 22 heavy (non-hydrogen) atoms. The van der Waals surface area contributed by atoms with Gasteiger partial charge in [0, 0.05) is 6.54 Å². The number of nitrogens with zero attached hydrogens (tertiary/aromatic N) is 3. The van der Waals surface area contributed by atoms with Gasteiger partial charge in [-0.05, 0) is 43.5 Å². The number of aryl methyl sites for hydroxylation is 1. The molecule has 0 saturated carbocycles. The maximum Gasteiger partial charge on any atom is 0.233 e. The second kappa shape index (κ2) is 6.08. The van der Waals surface area contributed by atoms with E-state index in [2.05, 4.69) is 15.2 Å². The molecule has 2 heterocycles. The minimum Gasteiger partial charge on any atom is -0.335 e. The van der Waals surface area contributed by atoms with E-state index >= 15 is 0 Å². The molecule has 1 aliphatic rings. The lowest BCUT2D eigenvalue weighted by Gasteiger charge is -2.35. The molecule has 1 aliphatic heterocycles. The molecular weight excluding hydrogens is 303 g/mol. The van der Waals surface area contributed by atoms with Gasteiger partial charge in [-0.1, -0.05) is 17.8 Å². The van der Waals surface area contributed by atoms with Crippen molar-refractivity contribution in [3.63, 3.8) is 0 Å². The van der Waals surface area contributed by atoms with Crippen molar-refractivity contribution in [3.05, 3.63) is 41.0 Å². The van der Waals surface area contributed by atoms with Crippen LogP contribution in [0.2, 0.25) is 0 Å². The van der Waals surface area contributed by atoms with Gasteiger partial charge in [0.25, 0.3) is 0 Å². The van der Waals surface area contributed by atoms with Gasteiger partial charge < -0.3 is 4.90 Å². The number of carbonyl (C=O) groups excluding carboxylic acids is 1. The van der Waals surface area contributed by atoms with Crippen LogP contribution in [-0.2, 0) is 11.2 Å². The summed E-state index contributed by atoms with van der Waals surface area (Å²) in [6, 6.07) is 4.76. The number of hydrogen-bond acceptors (Lipinski definition) is 4.